The summed E-state index contributed by atoms with van der Waals surface area (Å²) < 4.78 is 81.9. The molecule has 13 heteroatoms. The van der Waals surface area contributed by atoms with Gasteiger partial charge in [0.2, 0.25) is 0 Å². The van der Waals surface area contributed by atoms with Crippen molar-refractivity contribution in [3.05, 3.63) is 94.0 Å². The summed E-state index contributed by atoms with van der Waals surface area (Å²) in [7, 11) is -4.10. The number of benzene rings is 3. The summed E-state index contributed by atoms with van der Waals surface area (Å²) in [5.41, 5.74) is -1.65. The monoisotopic (exact) mass is 624 g/mol. The Kier molecular flexibility index (Phi) is 8.32. The number of nitrogens with zero attached hydrogens (tertiary/aromatic N) is 1. The minimum absolute atomic E-state index is 0.0828. The second-order valence-electron chi connectivity index (χ2n) is 10.6. The molecule has 0 radical (unpaired) electrons. The number of rotatable bonds is 8. The van der Waals surface area contributed by atoms with Gasteiger partial charge in [-0.3, -0.25) is 4.79 Å². The van der Waals surface area contributed by atoms with Gasteiger partial charge in [0.05, 0.1) is 21.4 Å². The molecule has 222 valence electrons. The van der Waals surface area contributed by atoms with Gasteiger partial charge in [-0.1, -0.05) is 35.0 Å². The van der Waals surface area contributed by atoms with Crippen molar-refractivity contribution >= 4 is 39.2 Å². The van der Waals surface area contributed by atoms with E-state index in [1.165, 1.54) is 24.4 Å². The van der Waals surface area contributed by atoms with Crippen molar-refractivity contribution in [2.75, 3.05) is 5.32 Å². The Hall–Kier alpha value is -3.48. The molecule has 0 spiro atoms. The number of aliphatic hydroxyl groups is 1. The Morgan fingerprint density at radius 2 is 1.67 bits per heavy atom. The van der Waals surface area contributed by atoms with Crippen molar-refractivity contribution in [3.8, 4) is 0 Å². The van der Waals surface area contributed by atoms with Gasteiger partial charge in [0.25, 0.3) is 5.91 Å². The van der Waals surface area contributed by atoms with Crippen LogP contribution in [0.5, 0.6) is 0 Å². The van der Waals surface area contributed by atoms with Crippen molar-refractivity contribution in [1.82, 2.24) is 0 Å². The number of hydrogen-bond donors (Lipinski definition) is 2. The van der Waals surface area contributed by atoms with Crippen LogP contribution in [-0.2, 0) is 21.3 Å². The van der Waals surface area contributed by atoms with Crippen LogP contribution in [0.1, 0.15) is 41.6 Å². The fraction of sp³-hybridized carbons (Fsp3) is 0.310. The van der Waals surface area contributed by atoms with Gasteiger partial charge in [-0.05, 0) is 61.8 Å². The first-order chi connectivity index (χ1) is 19.9. The largest absolute Gasteiger partial charge is 0.391 e. The molecule has 2 atom stereocenters. The summed E-state index contributed by atoms with van der Waals surface area (Å²) >= 11 is 6.28. The van der Waals surface area contributed by atoms with E-state index in [4.69, 9.17) is 16.4 Å². The predicted molar refractivity (Wildman–Crippen MR) is 147 cm³/mol. The van der Waals surface area contributed by atoms with Crippen molar-refractivity contribution in [2.45, 2.75) is 48.0 Å². The van der Waals surface area contributed by atoms with E-state index in [-0.39, 0.29) is 40.6 Å². The molecular weight excluding hydrogens is 600 g/mol. The molecule has 3 aromatic carbocycles. The number of oxime groups is 1. The van der Waals surface area contributed by atoms with E-state index in [0.29, 0.717) is 30.5 Å². The lowest BCUT2D eigenvalue weighted by Gasteiger charge is -2.38. The molecule has 2 unspecified atom stereocenters. The Labute approximate surface area is 244 Å². The number of amides is 1. The Morgan fingerprint density at radius 3 is 2.31 bits per heavy atom. The second-order valence-corrected chi connectivity index (χ2v) is 13.1. The topological polar surface area (TPSA) is 105 Å². The van der Waals surface area contributed by atoms with Gasteiger partial charge >= 0.3 is 0 Å². The Balaban J connectivity index is 1.31. The van der Waals surface area contributed by atoms with E-state index < -0.39 is 61.7 Å². The molecule has 2 saturated carbocycles. The van der Waals surface area contributed by atoms with Crippen LogP contribution >= 0.6 is 11.6 Å². The molecule has 2 aliphatic rings. The van der Waals surface area contributed by atoms with E-state index in [2.05, 4.69) is 10.5 Å². The van der Waals surface area contributed by atoms with Crippen LogP contribution in [0.15, 0.2) is 64.6 Å². The number of anilines is 1. The molecule has 2 N–H and O–H groups in total. The number of carbonyl (C=O) groups excluding carboxylic acids is 1. The predicted octanol–water partition coefficient (Wildman–Crippen LogP) is 6.04. The highest BCUT2D eigenvalue weighted by molar-refractivity contribution is 7.92. The van der Waals surface area contributed by atoms with Crippen LogP contribution in [0.3, 0.4) is 0 Å². The molecule has 1 amide bonds. The zero-order valence-electron chi connectivity index (χ0n) is 21.9. The maximum atomic E-state index is 13.9. The number of sulfone groups is 1. The standard InChI is InChI=1S/C29H25ClF4N2O5S/c30-21-8-7-16(28(37)36-20-10-23(32)26(34)24(33)11-20)9-25(21)42(39,40)27-17-5-6-18(27)13-29(38,12-17)15-35-41-14-19-3-1-2-4-22(19)31/h1-4,7-11,15,17-18,27,38H,5-6,12-14H2,(H,36,37)/b35-15+. The van der Waals surface area contributed by atoms with Crippen LogP contribution in [0.25, 0.3) is 0 Å². The third-order valence-corrected chi connectivity index (χ3v) is 10.6. The first-order valence-corrected chi connectivity index (χ1v) is 14.9. The molecule has 2 aliphatic carbocycles. The molecule has 5 rings (SSSR count). The first kappa shape index (κ1) is 30.0. The van der Waals surface area contributed by atoms with E-state index in [1.54, 1.807) is 18.2 Å². The van der Waals surface area contributed by atoms with Gasteiger partial charge in [-0.15, -0.1) is 0 Å². The van der Waals surface area contributed by atoms with E-state index >= 15 is 0 Å². The summed E-state index contributed by atoms with van der Waals surface area (Å²) in [5.74, 6) is -6.93. The third kappa shape index (κ3) is 6.02. The smallest absolute Gasteiger partial charge is 0.255 e. The molecular formula is C29H25ClF4N2O5S. The van der Waals surface area contributed by atoms with Gasteiger partial charge < -0.3 is 15.3 Å². The Bertz CT molecular complexity index is 1630. The van der Waals surface area contributed by atoms with Gasteiger partial charge in [0, 0.05) is 28.9 Å². The SMILES string of the molecule is O=C(Nc1cc(F)c(F)c(F)c1)c1ccc(Cl)c(S(=O)(=O)C2C3CCC2CC(O)(/C=N/OCc2ccccc2F)C3)c1. The first-order valence-electron chi connectivity index (χ1n) is 13.0. The molecule has 42 heavy (non-hydrogen) atoms. The maximum Gasteiger partial charge on any atom is 0.255 e. The van der Waals surface area contributed by atoms with Gasteiger partial charge in [-0.25, -0.2) is 26.0 Å². The normalized spacial score (nSPS) is 23.7. The lowest BCUT2D eigenvalue weighted by molar-refractivity contribution is 0.0409. The van der Waals surface area contributed by atoms with Gasteiger partial charge in [-0.2, -0.15) is 0 Å². The molecule has 0 saturated heterocycles. The fourth-order valence-electron chi connectivity index (χ4n) is 5.88. The summed E-state index contributed by atoms with van der Waals surface area (Å²) in [6.45, 7) is -0.142. The molecule has 2 bridgehead atoms. The van der Waals surface area contributed by atoms with Crippen LogP contribution < -0.4 is 5.32 Å². The fourth-order valence-corrected chi connectivity index (χ4v) is 8.72. The van der Waals surface area contributed by atoms with Crippen LogP contribution in [-0.4, -0.2) is 36.5 Å². The molecule has 0 aliphatic heterocycles. The number of halogens is 5. The zero-order valence-corrected chi connectivity index (χ0v) is 23.4. The number of nitrogens with one attached hydrogen (secondary N) is 1. The van der Waals surface area contributed by atoms with Crippen LogP contribution in [0.2, 0.25) is 5.02 Å². The lowest BCUT2D eigenvalue weighted by atomic mass is 9.78. The summed E-state index contributed by atoms with van der Waals surface area (Å²) in [4.78, 5) is 17.7. The molecule has 7 nitrogen and oxygen atoms in total. The molecule has 3 aromatic rings. The summed E-state index contributed by atoms with van der Waals surface area (Å²) in [5, 5.41) is 16.2. The number of carbonyl (C=O) groups is 1. The van der Waals surface area contributed by atoms with Crippen molar-refractivity contribution in [3.63, 3.8) is 0 Å². The maximum absolute atomic E-state index is 13.9. The second kappa shape index (κ2) is 11.7. The number of fused-ring (bicyclic) bond motifs is 2. The minimum Gasteiger partial charge on any atom is -0.391 e. The van der Waals surface area contributed by atoms with E-state index in [1.807, 2.05) is 0 Å². The van der Waals surface area contributed by atoms with E-state index in [9.17, 15) is 35.9 Å². The van der Waals surface area contributed by atoms with Crippen molar-refractivity contribution in [1.29, 1.82) is 0 Å². The quantitative estimate of drug-likeness (QED) is 0.138. The molecule has 0 heterocycles. The average molecular weight is 625 g/mol. The van der Waals surface area contributed by atoms with Crippen LogP contribution in [0.4, 0.5) is 23.2 Å². The lowest BCUT2D eigenvalue weighted by Crippen LogP contribution is -2.47. The van der Waals surface area contributed by atoms with Crippen molar-refractivity contribution in [2.24, 2.45) is 17.0 Å². The Morgan fingerprint density at radius 1 is 1.02 bits per heavy atom. The van der Waals surface area contributed by atoms with E-state index in [0.717, 1.165) is 6.07 Å². The summed E-state index contributed by atoms with van der Waals surface area (Å²) in [6.07, 6.45) is 2.44. The highest BCUT2D eigenvalue weighted by Gasteiger charge is 2.54. The van der Waals surface area contributed by atoms with Gasteiger partial charge in [0.15, 0.2) is 27.3 Å². The van der Waals surface area contributed by atoms with Gasteiger partial charge in [0.1, 0.15) is 18.0 Å². The molecule has 2 fully saturated rings. The zero-order chi connectivity index (χ0) is 30.2. The number of hydrogen-bond acceptors (Lipinski definition) is 6. The minimum atomic E-state index is -4.10. The van der Waals surface area contributed by atoms with Crippen LogP contribution in [0, 0.1) is 35.1 Å². The highest BCUT2D eigenvalue weighted by Crippen LogP contribution is 2.51. The van der Waals surface area contributed by atoms with Crippen molar-refractivity contribution < 1.29 is 40.7 Å². The third-order valence-electron chi connectivity index (χ3n) is 7.71. The highest BCUT2D eigenvalue weighted by atomic mass is 35.5. The summed E-state index contributed by atoms with van der Waals surface area (Å²) in [6, 6.07) is 10.8. The molecule has 0 aromatic heterocycles. The average Bonchev–Trinajstić information content (AvgIpc) is 3.23.